The molecule has 1 aromatic rings. The van der Waals surface area contributed by atoms with Crippen molar-refractivity contribution in [1.82, 2.24) is 5.32 Å². The Bertz CT molecular complexity index is 562. The van der Waals surface area contributed by atoms with Gasteiger partial charge in [-0.3, -0.25) is 4.79 Å². The van der Waals surface area contributed by atoms with Crippen molar-refractivity contribution in [3.63, 3.8) is 0 Å². The van der Waals surface area contributed by atoms with Gasteiger partial charge in [-0.15, -0.1) is 0 Å². The zero-order chi connectivity index (χ0) is 13.2. The van der Waals surface area contributed by atoms with Crippen molar-refractivity contribution in [2.75, 3.05) is 6.54 Å². The topological polar surface area (TPSA) is 63.2 Å². The zero-order valence-corrected chi connectivity index (χ0v) is 11.8. The molecule has 0 fully saturated rings. The summed E-state index contributed by atoms with van der Waals surface area (Å²) in [6, 6.07) is 1.95. The number of carbonyl (C=O) groups excluding carboxylic acids is 1. The molecule has 0 radical (unpaired) electrons. The molecule has 8 heteroatoms. The van der Waals surface area contributed by atoms with Gasteiger partial charge < -0.3 is 5.32 Å². The van der Waals surface area contributed by atoms with Crippen LogP contribution in [-0.2, 0) is 9.05 Å². The van der Waals surface area contributed by atoms with Gasteiger partial charge in [0.1, 0.15) is 10.7 Å². The standard InChI is InChI=1S/C9H8BrClFNO3S/c1-2-13-9(14)5-3-6(12)8(10)7(4-5)17(11,15)16/h3-4H,2H2,1H3,(H,13,14). The van der Waals surface area contributed by atoms with Crippen LogP contribution in [-0.4, -0.2) is 20.9 Å². The molecule has 0 aromatic heterocycles. The number of hydrogen-bond acceptors (Lipinski definition) is 3. The maximum Gasteiger partial charge on any atom is 0.262 e. The van der Waals surface area contributed by atoms with Crippen molar-refractivity contribution in [3.05, 3.63) is 28.0 Å². The molecule has 17 heavy (non-hydrogen) atoms. The van der Waals surface area contributed by atoms with E-state index in [0.29, 0.717) is 6.54 Å². The van der Waals surface area contributed by atoms with E-state index in [2.05, 4.69) is 21.2 Å². The summed E-state index contributed by atoms with van der Waals surface area (Å²) in [5.41, 5.74) is -0.105. The molecule has 0 saturated heterocycles. The average Bonchev–Trinajstić information content (AvgIpc) is 2.20. The molecule has 1 rings (SSSR count). The van der Waals surface area contributed by atoms with Gasteiger partial charge in [-0.2, -0.15) is 0 Å². The Morgan fingerprint density at radius 3 is 2.59 bits per heavy atom. The maximum atomic E-state index is 13.4. The monoisotopic (exact) mass is 343 g/mol. The van der Waals surface area contributed by atoms with Crippen molar-refractivity contribution in [3.8, 4) is 0 Å². The summed E-state index contributed by atoms with van der Waals surface area (Å²) >= 11 is 2.77. The summed E-state index contributed by atoms with van der Waals surface area (Å²) in [7, 11) is 1.01. The molecule has 1 N–H and O–H groups in total. The highest BCUT2D eigenvalue weighted by molar-refractivity contribution is 9.10. The first-order chi connectivity index (χ1) is 7.77. The number of carbonyl (C=O) groups is 1. The second-order valence-electron chi connectivity index (χ2n) is 3.07. The van der Waals surface area contributed by atoms with Crippen molar-refractivity contribution in [2.45, 2.75) is 11.8 Å². The van der Waals surface area contributed by atoms with Gasteiger partial charge in [-0.25, -0.2) is 12.8 Å². The van der Waals surface area contributed by atoms with E-state index in [9.17, 15) is 17.6 Å². The van der Waals surface area contributed by atoms with E-state index in [1.165, 1.54) is 0 Å². The third-order valence-electron chi connectivity index (χ3n) is 1.86. The van der Waals surface area contributed by atoms with Crippen LogP contribution in [0.1, 0.15) is 17.3 Å². The lowest BCUT2D eigenvalue weighted by atomic mass is 10.2. The van der Waals surface area contributed by atoms with Crippen molar-refractivity contribution < 1.29 is 17.6 Å². The first kappa shape index (κ1) is 14.4. The van der Waals surface area contributed by atoms with Gasteiger partial charge in [-0.05, 0) is 35.0 Å². The predicted octanol–water partition coefficient (Wildman–Crippen LogP) is 2.27. The van der Waals surface area contributed by atoms with Gasteiger partial charge in [-0.1, -0.05) is 0 Å². The zero-order valence-electron chi connectivity index (χ0n) is 8.63. The fraction of sp³-hybridized carbons (Fsp3) is 0.222. The van der Waals surface area contributed by atoms with E-state index in [-0.39, 0.29) is 10.0 Å². The molecule has 1 aromatic carbocycles. The van der Waals surface area contributed by atoms with E-state index < -0.39 is 25.7 Å². The van der Waals surface area contributed by atoms with Crippen molar-refractivity contribution >= 4 is 41.6 Å². The van der Waals surface area contributed by atoms with Crippen molar-refractivity contribution in [2.24, 2.45) is 0 Å². The molecule has 0 bridgehead atoms. The molecule has 0 spiro atoms. The number of rotatable bonds is 3. The maximum absolute atomic E-state index is 13.4. The van der Waals surface area contributed by atoms with Crippen LogP contribution in [0.5, 0.6) is 0 Å². The van der Waals surface area contributed by atoms with E-state index in [4.69, 9.17) is 10.7 Å². The van der Waals surface area contributed by atoms with Gasteiger partial charge in [0.2, 0.25) is 0 Å². The molecule has 0 unspecified atom stereocenters. The molecule has 0 atom stereocenters. The van der Waals surface area contributed by atoms with Crippen LogP contribution in [0.15, 0.2) is 21.5 Å². The minimum Gasteiger partial charge on any atom is -0.352 e. The summed E-state index contributed by atoms with van der Waals surface area (Å²) in [6.45, 7) is 2.03. The fourth-order valence-electron chi connectivity index (χ4n) is 1.13. The Balaban J connectivity index is 3.39. The lowest BCUT2D eigenvalue weighted by Gasteiger charge is -2.06. The summed E-state index contributed by atoms with van der Waals surface area (Å²) in [4.78, 5) is 11.0. The van der Waals surface area contributed by atoms with Gasteiger partial charge in [0.15, 0.2) is 0 Å². The van der Waals surface area contributed by atoms with E-state index in [1.54, 1.807) is 6.92 Å². The molecule has 0 aliphatic rings. The van der Waals surface area contributed by atoms with E-state index >= 15 is 0 Å². The third kappa shape index (κ3) is 3.40. The number of amides is 1. The average molecular weight is 345 g/mol. The van der Waals surface area contributed by atoms with Crippen LogP contribution in [0.3, 0.4) is 0 Å². The SMILES string of the molecule is CCNC(=O)c1cc(F)c(Br)c(S(=O)(=O)Cl)c1. The summed E-state index contributed by atoms with van der Waals surface area (Å²) in [5.74, 6) is -1.44. The molecule has 0 saturated carbocycles. The van der Waals surface area contributed by atoms with Gasteiger partial charge in [0.25, 0.3) is 15.0 Å². The van der Waals surface area contributed by atoms with Gasteiger partial charge in [0.05, 0.1) is 4.47 Å². The largest absolute Gasteiger partial charge is 0.352 e. The number of benzene rings is 1. The number of hydrogen-bond donors (Lipinski definition) is 1. The summed E-state index contributed by atoms with van der Waals surface area (Å²) in [6.07, 6.45) is 0. The Morgan fingerprint density at radius 2 is 2.12 bits per heavy atom. The molecule has 0 aliphatic carbocycles. The van der Waals surface area contributed by atoms with Crippen LogP contribution in [0.2, 0.25) is 0 Å². The molecular formula is C9H8BrClFNO3S. The van der Waals surface area contributed by atoms with Gasteiger partial charge >= 0.3 is 0 Å². The second-order valence-corrected chi connectivity index (χ2v) is 6.39. The molecular weight excluding hydrogens is 337 g/mol. The normalized spacial score (nSPS) is 11.3. The molecule has 1 amide bonds. The Morgan fingerprint density at radius 1 is 1.53 bits per heavy atom. The Kier molecular flexibility index (Phi) is 4.51. The fourth-order valence-corrected chi connectivity index (χ4v) is 3.23. The molecule has 94 valence electrons. The van der Waals surface area contributed by atoms with Crippen LogP contribution in [0.4, 0.5) is 4.39 Å². The quantitative estimate of drug-likeness (QED) is 0.856. The third-order valence-corrected chi connectivity index (χ3v) is 4.27. The summed E-state index contributed by atoms with van der Waals surface area (Å²) in [5, 5.41) is 2.43. The second kappa shape index (κ2) is 5.32. The van der Waals surface area contributed by atoms with Crippen LogP contribution in [0, 0.1) is 5.82 Å². The van der Waals surface area contributed by atoms with E-state index in [0.717, 1.165) is 12.1 Å². The minimum absolute atomic E-state index is 0.105. The lowest BCUT2D eigenvalue weighted by Crippen LogP contribution is -2.23. The molecule has 0 aliphatic heterocycles. The highest BCUT2D eigenvalue weighted by Crippen LogP contribution is 2.29. The first-order valence-corrected chi connectivity index (χ1v) is 7.59. The lowest BCUT2D eigenvalue weighted by molar-refractivity contribution is 0.0955. The van der Waals surface area contributed by atoms with Crippen LogP contribution >= 0.6 is 26.6 Å². The van der Waals surface area contributed by atoms with Gasteiger partial charge in [0, 0.05) is 22.8 Å². The smallest absolute Gasteiger partial charge is 0.262 e. The highest BCUT2D eigenvalue weighted by atomic mass is 79.9. The summed E-state index contributed by atoms with van der Waals surface area (Å²) < 4.78 is 35.5. The van der Waals surface area contributed by atoms with Crippen LogP contribution < -0.4 is 5.32 Å². The number of halogens is 3. The first-order valence-electron chi connectivity index (χ1n) is 4.49. The minimum atomic E-state index is -4.12. The Labute approximate surface area is 111 Å². The highest BCUT2D eigenvalue weighted by Gasteiger charge is 2.21. The predicted molar refractivity (Wildman–Crippen MR) is 65.1 cm³/mol. The molecule has 4 nitrogen and oxygen atoms in total. The van der Waals surface area contributed by atoms with Crippen molar-refractivity contribution in [1.29, 1.82) is 0 Å². The Hall–Kier alpha value is -0.660. The molecule has 0 heterocycles. The van der Waals surface area contributed by atoms with Crippen LogP contribution in [0.25, 0.3) is 0 Å². The number of nitrogens with one attached hydrogen (secondary N) is 1. The van der Waals surface area contributed by atoms with E-state index in [1.807, 2.05) is 0 Å².